The number of benzene rings is 2. The van der Waals surface area contributed by atoms with Crippen LogP contribution in [0.15, 0.2) is 54.5 Å². The van der Waals surface area contributed by atoms with Crippen LogP contribution >= 0.6 is 0 Å². The van der Waals surface area contributed by atoms with Crippen molar-refractivity contribution in [3.8, 4) is 5.75 Å². The summed E-state index contributed by atoms with van der Waals surface area (Å²) in [6.45, 7) is 8.92. The maximum atomic E-state index is 12.4. The lowest BCUT2D eigenvalue weighted by molar-refractivity contribution is 0.102. The Morgan fingerprint density at radius 3 is 2.40 bits per heavy atom. The topological polar surface area (TPSA) is 83.5 Å². The number of nitrogens with one attached hydrogen (secondary N) is 1. The molecule has 0 atom stereocenters. The van der Waals surface area contributed by atoms with Crippen LogP contribution < -0.4 is 5.32 Å². The van der Waals surface area contributed by atoms with Crippen molar-refractivity contribution in [1.82, 2.24) is 0 Å². The molecule has 0 saturated carbocycles. The number of amides is 1. The molecule has 0 radical (unpaired) electrons. The third-order valence-electron chi connectivity index (χ3n) is 3.74. The quantitative estimate of drug-likeness (QED) is 0.772. The van der Waals surface area contributed by atoms with Crippen LogP contribution in [-0.4, -0.2) is 25.2 Å². The minimum atomic E-state index is -3.44. The molecule has 0 fully saturated rings. The fourth-order valence-electron chi connectivity index (χ4n) is 2.25. The summed E-state index contributed by atoms with van der Waals surface area (Å²) >= 11 is 0. The molecule has 2 aromatic rings. The molecule has 1 amide bonds. The van der Waals surface area contributed by atoms with Crippen molar-refractivity contribution >= 4 is 33.6 Å². The average molecular weight is 357 g/mol. The largest absolute Gasteiger partial charge is 0.506 e. The third-order valence-corrected chi connectivity index (χ3v) is 5.48. The highest BCUT2D eigenvalue weighted by Gasteiger charge is 2.16. The number of phenols is 1. The molecular weight excluding hydrogens is 338 g/mol. The van der Waals surface area contributed by atoms with E-state index >= 15 is 0 Å². The highest BCUT2D eigenvalue weighted by Crippen LogP contribution is 2.27. The number of anilines is 1. The first-order valence-electron chi connectivity index (χ1n) is 7.58. The number of hydrogen-bond donors (Lipinski definition) is 2. The number of carbonyl (C=O) groups excluding carboxylic acids is 1. The second-order valence-corrected chi connectivity index (χ2v) is 7.57. The summed E-state index contributed by atoms with van der Waals surface area (Å²) in [4.78, 5) is 12.5. The Morgan fingerprint density at radius 1 is 1.12 bits per heavy atom. The fourth-order valence-corrected chi connectivity index (χ4v) is 3.15. The van der Waals surface area contributed by atoms with Gasteiger partial charge in [-0.25, -0.2) is 8.42 Å². The molecule has 0 aliphatic rings. The van der Waals surface area contributed by atoms with Crippen molar-refractivity contribution in [2.24, 2.45) is 0 Å². The molecule has 25 heavy (non-hydrogen) atoms. The summed E-state index contributed by atoms with van der Waals surface area (Å²) in [7, 11) is -3.44. The maximum absolute atomic E-state index is 12.4. The zero-order valence-corrected chi connectivity index (χ0v) is 14.6. The molecule has 2 N–H and O–H groups in total. The molecule has 0 heterocycles. The standard InChI is InChI=1S/C19H19NO4S/c1-4-13-7-8-15(11-14(13)5-2)19(22)20-17-12-16(9-10-18(17)21)25(23,24)6-3/h4-5,7-12,21H,1-2,6H2,3H3,(H,20,22). The molecule has 0 aromatic heterocycles. The van der Waals surface area contributed by atoms with E-state index in [2.05, 4.69) is 18.5 Å². The first kappa shape index (κ1) is 18.5. The second-order valence-electron chi connectivity index (χ2n) is 5.29. The van der Waals surface area contributed by atoms with E-state index in [9.17, 15) is 18.3 Å². The summed E-state index contributed by atoms with van der Waals surface area (Å²) in [5.41, 5.74) is 1.97. The first-order chi connectivity index (χ1) is 11.8. The van der Waals surface area contributed by atoms with Crippen molar-refractivity contribution in [2.75, 3.05) is 11.1 Å². The van der Waals surface area contributed by atoms with Gasteiger partial charge in [0.25, 0.3) is 5.91 Å². The van der Waals surface area contributed by atoms with Crippen molar-refractivity contribution in [1.29, 1.82) is 0 Å². The Balaban J connectivity index is 2.36. The number of rotatable bonds is 6. The molecule has 0 aliphatic carbocycles. The minimum absolute atomic E-state index is 0.0347. The van der Waals surface area contributed by atoms with E-state index in [0.717, 1.165) is 11.1 Å². The summed E-state index contributed by atoms with van der Waals surface area (Å²) in [6.07, 6.45) is 3.27. The number of phenolic OH excluding ortho intramolecular Hbond substituents is 1. The Bertz CT molecular complexity index is 946. The van der Waals surface area contributed by atoms with Gasteiger partial charge in [0.15, 0.2) is 9.84 Å². The SMILES string of the molecule is C=Cc1ccc(C(=O)Nc2cc(S(=O)(=O)CC)ccc2O)cc1C=C. The Morgan fingerprint density at radius 2 is 1.80 bits per heavy atom. The van der Waals surface area contributed by atoms with Gasteiger partial charge in [-0.15, -0.1) is 0 Å². The van der Waals surface area contributed by atoms with Crippen LogP contribution in [0.3, 0.4) is 0 Å². The molecule has 0 spiro atoms. The van der Waals surface area contributed by atoms with E-state index in [-0.39, 0.29) is 22.1 Å². The molecule has 0 saturated heterocycles. The smallest absolute Gasteiger partial charge is 0.255 e. The number of carbonyl (C=O) groups is 1. The molecule has 2 aromatic carbocycles. The zero-order chi connectivity index (χ0) is 18.6. The maximum Gasteiger partial charge on any atom is 0.255 e. The van der Waals surface area contributed by atoms with Crippen molar-refractivity contribution < 1.29 is 18.3 Å². The summed E-state index contributed by atoms with van der Waals surface area (Å²) in [5, 5.41) is 12.5. The van der Waals surface area contributed by atoms with Gasteiger partial charge in [0.2, 0.25) is 0 Å². The predicted octanol–water partition coefficient (Wildman–Crippen LogP) is 3.72. The van der Waals surface area contributed by atoms with Crippen LogP contribution in [0.25, 0.3) is 12.2 Å². The van der Waals surface area contributed by atoms with Crippen molar-refractivity contribution in [3.05, 3.63) is 66.2 Å². The lowest BCUT2D eigenvalue weighted by Crippen LogP contribution is -2.13. The van der Waals surface area contributed by atoms with E-state index in [1.807, 2.05) is 0 Å². The van der Waals surface area contributed by atoms with E-state index in [4.69, 9.17) is 0 Å². The highest BCUT2D eigenvalue weighted by molar-refractivity contribution is 7.91. The molecule has 0 bridgehead atoms. The molecular formula is C19H19NO4S. The van der Waals surface area contributed by atoms with Gasteiger partial charge in [-0.1, -0.05) is 38.3 Å². The highest BCUT2D eigenvalue weighted by atomic mass is 32.2. The van der Waals surface area contributed by atoms with E-state index < -0.39 is 15.7 Å². The number of aromatic hydroxyl groups is 1. The van der Waals surface area contributed by atoms with E-state index in [1.54, 1.807) is 30.4 Å². The van der Waals surface area contributed by atoms with Crippen LogP contribution in [0, 0.1) is 0 Å². The molecule has 5 nitrogen and oxygen atoms in total. The molecule has 0 aliphatic heterocycles. The average Bonchev–Trinajstić information content (AvgIpc) is 2.62. The summed E-state index contributed by atoms with van der Waals surface area (Å²) < 4.78 is 23.9. The molecule has 130 valence electrons. The zero-order valence-electron chi connectivity index (χ0n) is 13.8. The van der Waals surface area contributed by atoms with Gasteiger partial charge < -0.3 is 10.4 Å². The van der Waals surface area contributed by atoms with E-state index in [0.29, 0.717) is 5.56 Å². The van der Waals surface area contributed by atoms with Crippen LogP contribution in [0.5, 0.6) is 5.75 Å². The normalized spacial score (nSPS) is 10.9. The van der Waals surface area contributed by atoms with Crippen LogP contribution in [0.2, 0.25) is 0 Å². The Labute approximate surface area is 147 Å². The Kier molecular flexibility index (Phi) is 5.44. The summed E-state index contributed by atoms with van der Waals surface area (Å²) in [5.74, 6) is -0.758. The van der Waals surface area contributed by atoms with E-state index in [1.165, 1.54) is 25.1 Å². The third kappa shape index (κ3) is 3.97. The van der Waals surface area contributed by atoms with Gasteiger partial charge in [-0.2, -0.15) is 0 Å². The van der Waals surface area contributed by atoms with Gasteiger partial charge in [-0.3, -0.25) is 4.79 Å². The van der Waals surface area contributed by atoms with Gasteiger partial charge in [0.05, 0.1) is 16.3 Å². The first-order valence-corrected chi connectivity index (χ1v) is 9.23. The molecule has 0 unspecified atom stereocenters. The van der Waals surface area contributed by atoms with Crippen LogP contribution in [-0.2, 0) is 9.84 Å². The van der Waals surface area contributed by atoms with Crippen LogP contribution in [0.1, 0.15) is 28.4 Å². The lowest BCUT2D eigenvalue weighted by atomic mass is 10.0. The van der Waals surface area contributed by atoms with Crippen molar-refractivity contribution in [3.63, 3.8) is 0 Å². The number of sulfone groups is 1. The molecule has 6 heteroatoms. The van der Waals surface area contributed by atoms with Crippen molar-refractivity contribution in [2.45, 2.75) is 11.8 Å². The Hall–Kier alpha value is -2.86. The molecule has 2 rings (SSSR count). The summed E-state index contributed by atoms with van der Waals surface area (Å²) in [6, 6.07) is 8.79. The number of hydrogen-bond acceptors (Lipinski definition) is 4. The predicted molar refractivity (Wildman–Crippen MR) is 100 cm³/mol. The monoisotopic (exact) mass is 357 g/mol. The van der Waals surface area contributed by atoms with Gasteiger partial charge in [-0.05, 0) is 41.5 Å². The van der Waals surface area contributed by atoms with Gasteiger partial charge >= 0.3 is 0 Å². The lowest BCUT2D eigenvalue weighted by Gasteiger charge is -2.11. The van der Waals surface area contributed by atoms with Gasteiger partial charge in [0, 0.05) is 5.56 Å². The van der Waals surface area contributed by atoms with Crippen LogP contribution in [0.4, 0.5) is 5.69 Å². The van der Waals surface area contributed by atoms with Gasteiger partial charge in [0.1, 0.15) is 5.75 Å². The fraction of sp³-hybridized carbons (Fsp3) is 0.105. The second kappa shape index (κ2) is 7.36. The minimum Gasteiger partial charge on any atom is -0.506 e.